The van der Waals surface area contributed by atoms with E-state index in [-0.39, 0.29) is 22.6 Å². The fourth-order valence-electron chi connectivity index (χ4n) is 3.60. The number of hydrogen-bond donors (Lipinski definition) is 1. The Bertz CT molecular complexity index is 966. The van der Waals surface area contributed by atoms with Gasteiger partial charge >= 0.3 is 0 Å². The highest BCUT2D eigenvalue weighted by Gasteiger charge is 2.26. The summed E-state index contributed by atoms with van der Waals surface area (Å²) < 4.78 is 32.2. The van der Waals surface area contributed by atoms with Crippen molar-refractivity contribution in [2.45, 2.75) is 44.4 Å². The SMILES string of the molecule is CC(C)c1cccc(C(C)C)c1NC(=O)c1ccc(S(=O)(=O)N2CCOCC2)cc1. The number of para-hydroxylation sites is 1. The number of carbonyl (C=O) groups excluding carboxylic acids is 1. The average molecular weight is 431 g/mol. The molecule has 1 amide bonds. The number of benzene rings is 2. The molecule has 0 unspecified atom stereocenters. The van der Waals surface area contributed by atoms with Crippen molar-refractivity contribution in [3.63, 3.8) is 0 Å². The number of carbonyl (C=O) groups is 1. The number of rotatable bonds is 6. The van der Waals surface area contributed by atoms with Crippen LogP contribution in [0.4, 0.5) is 5.69 Å². The van der Waals surface area contributed by atoms with E-state index in [0.717, 1.165) is 16.8 Å². The Labute approximate surface area is 179 Å². The van der Waals surface area contributed by atoms with E-state index in [2.05, 4.69) is 33.0 Å². The zero-order valence-electron chi connectivity index (χ0n) is 18.0. The van der Waals surface area contributed by atoms with E-state index in [1.807, 2.05) is 18.2 Å². The van der Waals surface area contributed by atoms with Gasteiger partial charge in [-0.1, -0.05) is 45.9 Å². The van der Waals surface area contributed by atoms with Crippen molar-refractivity contribution in [1.29, 1.82) is 0 Å². The molecule has 0 radical (unpaired) electrons. The standard InChI is InChI=1S/C23H30N2O4S/c1-16(2)20-6-5-7-21(17(3)4)22(20)24-23(26)18-8-10-19(11-9-18)30(27,28)25-12-14-29-15-13-25/h5-11,16-17H,12-15H2,1-4H3,(H,24,26). The maximum atomic E-state index is 12.9. The van der Waals surface area contributed by atoms with Crippen LogP contribution in [0.2, 0.25) is 0 Å². The highest BCUT2D eigenvalue weighted by Crippen LogP contribution is 2.32. The molecule has 3 rings (SSSR count). The molecule has 1 aliphatic heterocycles. The zero-order chi connectivity index (χ0) is 21.9. The third-order valence-electron chi connectivity index (χ3n) is 5.34. The van der Waals surface area contributed by atoms with Crippen LogP contribution >= 0.6 is 0 Å². The van der Waals surface area contributed by atoms with Gasteiger partial charge in [0.25, 0.3) is 5.91 Å². The number of sulfonamides is 1. The minimum absolute atomic E-state index is 0.186. The molecule has 2 aromatic carbocycles. The van der Waals surface area contributed by atoms with Crippen molar-refractivity contribution in [1.82, 2.24) is 4.31 Å². The third-order valence-corrected chi connectivity index (χ3v) is 7.25. The van der Waals surface area contributed by atoms with Crippen LogP contribution in [0.3, 0.4) is 0 Å². The molecular weight excluding hydrogens is 400 g/mol. The van der Waals surface area contributed by atoms with Crippen LogP contribution in [0.5, 0.6) is 0 Å². The van der Waals surface area contributed by atoms with Crippen LogP contribution < -0.4 is 5.32 Å². The van der Waals surface area contributed by atoms with Crippen LogP contribution in [-0.4, -0.2) is 44.9 Å². The largest absolute Gasteiger partial charge is 0.379 e. The summed E-state index contributed by atoms with van der Waals surface area (Å²) >= 11 is 0. The van der Waals surface area contributed by atoms with Crippen LogP contribution in [0.15, 0.2) is 47.4 Å². The lowest BCUT2D eigenvalue weighted by Crippen LogP contribution is -2.40. The normalized spacial score (nSPS) is 15.5. The molecule has 0 aliphatic carbocycles. The maximum Gasteiger partial charge on any atom is 0.255 e. The second kappa shape index (κ2) is 9.29. The Morgan fingerprint density at radius 1 is 0.933 bits per heavy atom. The van der Waals surface area contributed by atoms with Crippen molar-refractivity contribution in [3.05, 3.63) is 59.2 Å². The smallest absolute Gasteiger partial charge is 0.255 e. The molecule has 1 fully saturated rings. The summed E-state index contributed by atoms with van der Waals surface area (Å²) in [5.41, 5.74) is 3.43. The zero-order valence-corrected chi connectivity index (χ0v) is 18.8. The Morgan fingerprint density at radius 3 is 1.97 bits per heavy atom. The number of hydrogen-bond acceptors (Lipinski definition) is 4. The van der Waals surface area contributed by atoms with E-state index >= 15 is 0 Å². The Kier molecular flexibility index (Phi) is 6.95. The van der Waals surface area contributed by atoms with E-state index < -0.39 is 10.0 Å². The van der Waals surface area contributed by atoms with Crippen LogP contribution in [0.1, 0.15) is 61.0 Å². The molecular formula is C23H30N2O4S. The minimum atomic E-state index is -3.58. The summed E-state index contributed by atoms with van der Waals surface area (Å²) in [5.74, 6) is 0.278. The van der Waals surface area contributed by atoms with E-state index in [4.69, 9.17) is 4.74 Å². The lowest BCUT2D eigenvalue weighted by atomic mass is 9.92. The molecule has 0 atom stereocenters. The fourth-order valence-corrected chi connectivity index (χ4v) is 5.00. The summed E-state index contributed by atoms with van der Waals surface area (Å²) in [4.78, 5) is 13.1. The van der Waals surface area contributed by atoms with Gasteiger partial charge in [-0.25, -0.2) is 8.42 Å². The van der Waals surface area contributed by atoms with Crippen molar-refractivity contribution in [2.75, 3.05) is 31.6 Å². The first-order valence-electron chi connectivity index (χ1n) is 10.3. The molecule has 0 bridgehead atoms. The number of amides is 1. The summed E-state index contributed by atoms with van der Waals surface area (Å²) in [7, 11) is -3.58. The first kappa shape index (κ1) is 22.5. The van der Waals surface area contributed by atoms with Gasteiger partial charge in [0, 0.05) is 24.3 Å². The topological polar surface area (TPSA) is 75.7 Å². The minimum Gasteiger partial charge on any atom is -0.379 e. The summed E-state index contributed by atoms with van der Waals surface area (Å²) in [6.45, 7) is 9.87. The second-order valence-corrected chi connectivity index (χ2v) is 10.1. The van der Waals surface area contributed by atoms with E-state index in [1.54, 1.807) is 12.1 Å². The highest BCUT2D eigenvalue weighted by molar-refractivity contribution is 7.89. The monoisotopic (exact) mass is 430 g/mol. The fraction of sp³-hybridized carbons (Fsp3) is 0.435. The lowest BCUT2D eigenvalue weighted by Gasteiger charge is -2.26. The summed E-state index contributed by atoms with van der Waals surface area (Å²) in [6, 6.07) is 12.2. The molecule has 1 heterocycles. The van der Waals surface area contributed by atoms with Crippen LogP contribution in [-0.2, 0) is 14.8 Å². The van der Waals surface area contributed by atoms with Crippen LogP contribution in [0.25, 0.3) is 0 Å². The number of ether oxygens (including phenoxy) is 1. The predicted molar refractivity (Wildman–Crippen MR) is 119 cm³/mol. The van der Waals surface area contributed by atoms with Gasteiger partial charge in [-0.05, 0) is 47.2 Å². The predicted octanol–water partition coefficient (Wildman–Crippen LogP) is 4.21. The van der Waals surface area contributed by atoms with E-state index in [1.165, 1.54) is 16.4 Å². The maximum absolute atomic E-state index is 12.9. The molecule has 1 N–H and O–H groups in total. The van der Waals surface area contributed by atoms with Crippen LogP contribution in [0, 0.1) is 0 Å². The molecule has 2 aromatic rings. The van der Waals surface area contributed by atoms with Gasteiger partial charge in [0.2, 0.25) is 10.0 Å². The number of nitrogens with zero attached hydrogens (tertiary/aromatic N) is 1. The van der Waals surface area contributed by atoms with Gasteiger partial charge in [-0.15, -0.1) is 0 Å². The third kappa shape index (κ3) is 4.74. The molecule has 0 aromatic heterocycles. The van der Waals surface area contributed by atoms with Crippen molar-refractivity contribution >= 4 is 21.6 Å². The highest BCUT2D eigenvalue weighted by atomic mass is 32.2. The van der Waals surface area contributed by atoms with Gasteiger partial charge in [0.05, 0.1) is 18.1 Å². The quantitative estimate of drug-likeness (QED) is 0.745. The first-order chi connectivity index (χ1) is 14.2. The number of anilines is 1. The number of morpholine rings is 1. The Balaban J connectivity index is 1.84. The molecule has 162 valence electrons. The molecule has 0 saturated carbocycles. The van der Waals surface area contributed by atoms with Gasteiger partial charge in [-0.3, -0.25) is 4.79 Å². The first-order valence-corrected chi connectivity index (χ1v) is 11.8. The van der Waals surface area contributed by atoms with Crippen molar-refractivity contribution < 1.29 is 17.9 Å². The van der Waals surface area contributed by atoms with Crippen molar-refractivity contribution in [2.24, 2.45) is 0 Å². The van der Waals surface area contributed by atoms with E-state index in [9.17, 15) is 13.2 Å². The van der Waals surface area contributed by atoms with Gasteiger partial charge in [0.15, 0.2) is 0 Å². The van der Waals surface area contributed by atoms with Crippen molar-refractivity contribution in [3.8, 4) is 0 Å². The molecule has 7 heteroatoms. The lowest BCUT2D eigenvalue weighted by molar-refractivity contribution is 0.0730. The molecule has 0 spiro atoms. The Morgan fingerprint density at radius 2 is 1.47 bits per heavy atom. The van der Waals surface area contributed by atoms with Gasteiger partial charge in [0.1, 0.15) is 0 Å². The molecule has 1 saturated heterocycles. The van der Waals surface area contributed by atoms with Gasteiger partial charge in [-0.2, -0.15) is 4.31 Å². The second-order valence-electron chi connectivity index (χ2n) is 8.12. The van der Waals surface area contributed by atoms with E-state index in [0.29, 0.717) is 31.9 Å². The summed E-state index contributed by atoms with van der Waals surface area (Å²) in [6.07, 6.45) is 0. The number of nitrogens with one attached hydrogen (secondary N) is 1. The Hall–Kier alpha value is -2.22. The molecule has 6 nitrogen and oxygen atoms in total. The molecule has 1 aliphatic rings. The summed E-state index contributed by atoms with van der Waals surface area (Å²) in [5, 5.41) is 3.06. The van der Waals surface area contributed by atoms with Gasteiger partial charge < -0.3 is 10.1 Å². The average Bonchev–Trinajstić information content (AvgIpc) is 2.74. The molecule has 30 heavy (non-hydrogen) atoms.